The molecule has 0 atom stereocenters. The number of aromatic nitrogens is 3. The summed E-state index contributed by atoms with van der Waals surface area (Å²) in [4.78, 5) is 13.8. The second-order valence-electron chi connectivity index (χ2n) is 13.1. The summed E-state index contributed by atoms with van der Waals surface area (Å²) in [6.07, 6.45) is 0. The minimum atomic E-state index is -0.673. The lowest BCUT2D eigenvalue weighted by molar-refractivity contribution is 1.07. The Morgan fingerprint density at radius 2 is 0.911 bits per heavy atom. The van der Waals surface area contributed by atoms with Crippen molar-refractivity contribution in [1.29, 1.82) is 0 Å². The first-order valence-corrected chi connectivity index (χ1v) is 18.7. The van der Waals surface area contributed by atoms with Crippen LogP contribution in [0.3, 0.4) is 0 Å². The molecule has 0 aliphatic rings. The quantitative estimate of drug-likeness (QED) is 0.163. The van der Waals surface area contributed by atoms with Crippen molar-refractivity contribution >= 4 is 31.5 Å². The molecular formula is C52H35N3S. The van der Waals surface area contributed by atoms with Crippen molar-refractivity contribution in [3.63, 3.8) is 0 Å². The largest absolute Gasteiger partial charge is 0.208 e. The number of nitrogens with zero attached hydrogens (tertiary/aromatic N) is 3. The number of hydrogen-bond donors (Lipinski definition) is 0. The van der Waals surface area contributed by atoms with Gasteiger partial charge in [0.25, 0.3) is 0 Å². The molecule has 0 N–H and O–H groups in total. The predicted molar refractivity (Wildman–Crippen MR) is 236 cm³/mol. The van der Waals surface area contributed by atoms with Crippen LogP contribution in [0.2, 0.25) is 0 Å². The predicted octanol–water partition coefficient (Wildman–Crippen LogP) is 14.2. The van der Waals surface area contributed by atoms with Crippen molar-refractivity contribution in [2.24, 2.45) is 0 Å². The third-order valence-corrected chi connectivity index (χ3v) is 10.7. The number of thiophene rings is 1. The zero-order valence-corrected chi connectivity index (χ0v) is 30.6. The van der Waals surface area contributed by atoms with Crippen molar-refractivity contribution in [3.8, 4) is 78.7 Å². The summed E-state index contributed by atoms with van der Waals surface area (Å²) >= 11 is 1.52. The molecule has 10 aromatic rings. The maximum atomic E-state index is 10.0. The van der Waals surface area contributed by atoms with Crippen LogP contribution < -0.4 is 0 Å². The zero-order valence-electron chi connectivity index (χ0n) is 41.8. The van der Waals surface area contributed by atoms with Gasteiger partial charge in [-0.25, -0.2) is 15.0 Å². The van der Waals surface area contributed by atoms with Gasteiger partial charge < -0.3 is 0 Å². The summed E-state index contributed by atoms with van der Waals surface area (Å²) in [5.74, 6) is -1.24. The van der Waals surface area contributed by atoms with Gasteiger partial charge in [-0.1, -0.05) is 169 Å². The number of benzene rings is 8. The highest BCUT2D eigenvalue weighted by atomic mass is 32.1. The highest BCUT2D eigenvalue weighted by Gasteiger charge is 2.18. The van der Waals surface area contributed by atoms with Gasteiger partial charge in [-0.2, -0.15) is 0 Å². The molecule has 2 heterocycles. The fourth-order valence-corrected chi connectivity index (χ4v) is 8.18. The van der Waals surface area contributed by atoms with Crippen LogP contribution in [0.25, 0.3) is 98.8 Å². The molecular weight excluding hydrogens is 699 g/mol. The molecule has 0 spiro atoms. The SMILES string of the molecule is [2H]c1c([2H])c([2H])c(-c2nc(-c3c([2H])c([2H])c([2H])c(C)c3[2H])nc(-c3c([2H])c(-c4ccccc4)c([2H])c(-c4cccc5c4sc4c(-c6cccc(-c7ccccc7)c6)cccc45)c3[2H])n2)c([2H])c1[2H]. The van der Waals surface area contributed by atoms with Crippen LogP contribution in [0.4, 0.5) is 0 Å². The van der Waals surface area contributed by atoms with Crippen molar-refractivity contribution in [1.82, 2.24) is 15.0 Å². The molecule has 0 saturated carbocycles. The van der Waals surface area contributed by atoms with Crippen LogP contribution in [0, 0.1) is 6.92 Å². The third kappa shape index (κ3) is 6.36. The first-order chi connectivity index (χ1) is 32.7. The molecule has 0 saturated heterocycles. The lowest BCUT2D eigenvalue weighted by Gasteiger charge is -2.13. The summed E-state index contributed by atoms with van der Waals surface area (Å²) in [7, 11) is 0. The zero-order chi connectivity index (χ0) is 47.9. The summed E-state index contributed by atoms with van der Waals surface area (Å²) < 4.78 is 109. The van der Waals surface area contributed by atoms with Gasteiger partial charge in [0.05, 0.1) is 16.4 Å². The lowest BCUT2D eigenvalue weighted by Crippen LogP contribution is -2.00. The van der Waals surface area contributed by atoms with Crippen LogP contribution in [0.15, 0.2) is 194 Å². The molecule has 3 nitrogen and oxygen atoms in total. The standard InChI is InChI=1S/C52H35N3S/c1-34-15-11-24-40(29-34)51-53-50(37-20-9-4-10-21-37)54-52(55-51)43-32-41(36-18-7-3-8-19-36)31-42(33-43)45-26-14-28-47-46-27-13-25-44(48(46)56-49(45)47)39-23-12-22-38(30-39)35-16-5-2-6-17-35/h2-33H,1H3/i4D,9D,10D,11D,15D,20D,21D,24D,29D,31D,32D,33D. The molecule has 0 fully saturated rings. The fraction of sp³-hybridized carbons (Fsp3) is 0.0192. The molecule has 56 heavy (non-hydrogen) atoms. The lowest BCUT2D eigenvalue weighted by atomic mass is 9.94. The van der Waals surface area contributed by atoms with E-state index in [0.717, 1.165) is 42.4 Å². The van der Waals surface area contributed by atoms with Crippen LogP contribution in [-0.4, -0.2) is 15.0 Å². The topological polar surface area (TPSA) is 38.7 Å². The van der Waals surface area contributed by atoms with E-state index in [1.165, 1.54) is 18.3 Å². The summed E-state index contributed by atoms with van der Waals surface area (Å²) in [6, 6.07) is 33.3. The van der Waals surface area contributed by atoms with Crippen LogP contribution >= 0.6 is 11.3 Å². The molecule has 0 radical (unpaired) electrons. The van der Waals surface area contributed by atoms with Gasteiger partial charge in [-0.05, 0) is 81.7 Å². The second kappa shape index (κ2) is 14.3. The van der Waals surface area contributed by atoms with Gasteiger partial charge in [0, 0.05) is 36.9 Å². The Morgan fingerprint density at radius 1 is 0.393 bits per heavy atom. The molecule has 8 aromatic carbocycles. The highest BCUT2D eigenvalue weighted by Crippen LogP contribution is 2.45. The maximum Gasteiger partial charge on any atom is 0.164 e. The Kier molecular flexibility index (Phi) is 5.89. The van der Waals surface area contributed by atoms with E-state index < -0.39 is 59.5 Å². The second-order valence-corrected chi connectivity index (χ2v) is 14.1. The first kappa shape index (κ1) is 23.0. The van der Waals surface area contributed by atoms with Gasteiger partial charge >= 0.3 is 0 Å². The normalized spacial score (nSPS) is 14.3. The van der Waals surface area contributed by atoms with Gasteiger partial charge in [-0.15, -0.1) is 11.3 Å². The number of rotatable bonds is 7. The van der Waals surface area contributed by atoms with Crippen LogP contribution in [-0.2, 0) is 0 Å². The van der Waals surface area contributed by atoms with Gasteiger partial charge in [0.2, 0.25) is 0 Å². The minimum absolute atomic E-state index is 0.0466. The summed E-state index contributed by atoms with van der Waals surface area (Å²) in [5.41, 5.74) is 4.59. The Bertz CT molecular complexity index is 3580. The molecule has 4 heteroatoms. The van der Waals surface area contributed by atoms with E-state index in [4.69, 9.17) is 12.3 Å². The van der Waals surface area contributed by atoms with E-state index in [0.29, 0.717) is 11.1 Å². The number of hydrogen-bond acceptors (Lipinski definition) is 4. The molecule has 0 bridgehead atoms. The monoisotopic (exact) mass is 745 g/mol. The van der Waals surface area contributed by atoms with E-state index in [1.807, 2.05) is 54.6 Å². The van der Waals surface area contributed by atoms with E-state index in [2.05, 4.69) is 51.4 Å². The van der Waals surface area contributed by atoms with Crippen molar-refractivity contribution in [2.45, 2.75) is 6.92 Å². The molecule has 264 valence electrons. The molecule has 0 aliphatic heterocycles. The van der Waals surface area contributed by atoms with Gasteiger partial charge in [0.15, 0.2) is 17.5 Å². The van der Waals surface area contributed by atoms with Gasteiger partial charge in [0.1, 0.15) is 0 Å². The summed E-state index contributed by atoms with van der Waals surface area (Å²) in [6.45, 7) is 1.44. The molecule has 0 unspecified atom stereocenters. The average molecular weight is 746 g/mol. The van der Waals surface area contributed by atoms with Crippen molar-refractivity contribution in [3.05, 3.63) is 199 Å². The van der Waals surface area contributed by atoms with Crippen molar-refractivity contribution in [2.75, 3.05) is 0 Å². The number of fused-ring (bicyclic) bond motifs is 3. The maximum absolute atomic E-state index is 10.0. The average Bonchev–Trinajstić information content (AvgIpc) is 3.74. The Balaban J connectivity index is 1.28. The summed E-state index contributed by atoms with van der Waals surface area (Å²) in [5, 5.41) is 1.86. The van der Waals surface area contributed by atoms with E-state index in [1.54, 1.807) is 30.3 Å². The fourth-order valence-electron chi connectivity index (χ4n) is 6.83. The smallest absolute Gasteiger partial charge is 0.164 e. The van der Waals surface area contributed by atoms with Gasteiger partial charge in [-0.3, -0.25) is 0 Å². The van der Waals surface area contributed by atoms with E-state index in [-0.39, 0.29) is 63.9 Å². The Labute approximate surface area is 347 Å². The van der Waals surface area contributed by atoms with Crippen molar-refractivity contribution < 1.29 is 16.4 Å². The molecule has 0 amide bonds. The molecule has 10 rings (SSSR count). The van der Waals surface area contributed by atoms with E-state index in [9.17, 15) is 4.11 Å². The van der Waals surface area contributed by atoms with Crippen LogP contribution in [0.1, 0.15) is 22.0 Å². The van der Waals surface area contributed by atoms with Crippen LogP contribution in [0.5, 0.6) is 0 Å². The third-order valence-electron chi connectivity index (χ3n) is 9.44. The Morgan fingerprint density at radius 3 is 1.61 bits per heavy atom. The molecule has 0 aliphatic carbocycles. The van der Waals surface area contributed by atoms with E-state index >= 15 is 0 Å². The minimum Gasteiger partial charge on any atom is -0.208 e. The molecule has 2 aromatic heterocycles. The Hall–Kier alpha value is -7.01. The first-order valence-electron chi connectivity index (χ1n) is 23.9. The highest BCUT2D eigenvalue weighted by molar-refractivity contribution is 7.26.